The van der Waals surface area contributed by atoms with Crippen molar-refractivity contribution in [2.24, 2.45) is 20.0 Å². The zero-order chi connectivity index (χ0) is 81.1. The Kier molecular flexibility index (Phi) is 18.4. The van der Waals surface area contributed by atoms with Crippen molar-refractivity contribution < 1.29 is 8.42 Å². The first kappa shape index (κ1) is 77.9. The summed E-state index contributed by atoms with van der Waals surface area (Å²) in [6.07, 6.45) is 17.3. The molecule has 582 valence electrons. The van der Waals surface area contributed by atoms with Gasteiger partial charge in [0.1, 0.15) is 0 Å². The fourth-order valence-electron chi connectivity index (χ4n) is 16.3. The Bertz CT molecular complexity index is 6090. The average Bonchev–Trinajstić information content (AvgIpc) is 1.56. The standard InChI is InChI=1S/C100H104N6O2S6/c1-93(2,3)57-37-53(38-58(45-57)94(4,5)6)81-69-25-26-70(101-69)82(54-39-59(95(7,8)9)46-60(40-54)96(10,11)12)74-30-34-78(104-74)86-91-67(51-111-86)68-52-112-88(92(68)114(91)108)80-36-32-76(106-80)84(56-43-63(99(19,20)21)48-64(44-56)100(22,23)24)72-28-27-71(102-72)83(55-41-61(97(13,14)15)47-62(42-55)98(16,17)18)75-31-35-79(105-75)87-90-66(50-110-87)65-49-109-85(89(65)113(90)107)77-33-29-73(81)103-77/h25-52,73,81,101-102H,1-24H3/b82-74-,83-75-,84-76-. The Morgan fingerprint density at radius 2 is 0.588 bits per heavy atom. The van der Waals surface area contributed by atoms with Gasteiger partial charge in [0.2, 0.25) is 0 Å². The quantitative estimate of drug-likeness (QED) is 0.183. The molecule has 8 nitrogen and oxygen atoms in total. The van der Waals surface area contributed by atoms with Crippen LogP contribution in [0.2, 0.25) is 0 Å². The van der Waals surface area contributed by atoms with Crippen LogP contribution in [-0.2, 0) is 64.9 Å². The highest BCUT2D eigenvalue weighted by Gasteiger charge is 2.41. The number of rotatable bonds is 4. The molecule has 7 aliphatic rings. The van der Waals surface area contributed by atoms with E-state index < -0.39 is 21.6 Å². The van der Waals surface area contributed by atoms with E-state index in [1.807, 2.05) is 0 Å². The Labute approximate surface area is 695 Å². The summed E-state index contributed by atoms with van der Waals surface area (Å²) in [4.78, 5) is 38.1. The predicted octanol–water partition coefficient (Wildman–Crippen LogP) is 26.6. The molecule has 4 unspecified atom stereocenters. The van der Waals surface area contributed by atoms with Gasteiger partial charge in [-0.2, -0.15) is 0 Å². The minimum Gasteiger partial charge on any atom is -0.358 e. The number of fused-ring (bicyclic) bond motifs is 14. The number of nitrogens with one attached hydrogen (secondary N) is 2. The highest BCUT2D eigenvalue weighted by Crippen LogP contribution is 2.54. The zero-order valence-corrected chi connectivity index (χ0v) is 75.3. The molecule has 17 rings (SSSR count). The van der Waals surface area contributed by atoms with Crippen molar-refractivity contribution in [3.63, 3.8) is 0 Å². The second kappa shape index (κ2) is 27.0. The lowest BCUT2D eigenvalue weighted by Crippen LogP contribution is -2.21. The van der Waals surface area contributed by atoms with Crippen LogP contribution in [0.15, 0.2) is 224 Å². The van der Waals surface area contributed by atoms with E-state index in [4.69, 9.17) is 20.0 Å². The third-order valence-corrected chi connectivity index (χ3v) is 31.2. The molecule has 0 radical (unpaired) electrons. The average molecular weight is 1610 g/mol. The number of hydrogen-bond acceptors (Lipinski definition) is 10. The fourth-order valence-corrected chi connectivity index (χ4v) is 24.8. The van der Waals surface area contributed by atoms with Crippen molar-refractivity contribution in [1.29, 1.82) is 0 Å². The van der Waals surface area contributed by atoms with Crippen LogP contribution in [0, 0.1) is 0 Å². The number of H-pyrrole nitrogens is 2. The van der Waals surface area contributed by atoms with Gasteiger partial charge in [-0.25, -0.2) is 23.4 Å². The van der Waals surface area contributed by atoms with Gasteiger partial charge in [-0.3, -0.25) is 4.99 Å². The largest absolute Gasteiger partial charge is 0.358 e. The lowest BCUT2D eigenvalue weighted by Gasteiger charge is -2.29. The van der Waals surface area contributed by atoms with Crippen molar-refractivity contribution in [3.8, 4) is 22.3 Å². The summed E-state index contributed by atoms with van der Waals surface area (Å²) in [6.45, 7) is 55.1. The smallest absolute Gasteiger partial charge is 0.0893 e. The molecule has 4 aromatic carbocycles. The summed E-state index contributed by atoms with van der Waals surface area (Å²) >= 11 is 6.49. The maximum Gasteiger partial charge on any atom is 0.0893 e. The van der Waals surface area contributed by atoms with E-state index in [1.165, 1.54) is 50.1 Å². The molecule has 2 N–H and O–H groups in total. The summed E-state index contributed by atoms with van der Waals surface area (Å²) in [5.74, 6) is -0.267. The molecule has 16 bridgehead atoms. The Hall–Kier alpha value is -8.60. The highest BCUT2D eigenvalue weighted by atomic mass is 32.2. The summed E-state index contributed by atoms with van der Waals surface area (Å²) in [7, 11) is -3.12. The maximum atomic E-state index is 16.0. The van der Waals surface area contributed by atoms with E-state index in [-0.39, 0.29) is 55.3 Å². The molecule has 6 aromatic heterocycles. The van der Waals surface area contributed by atoms with Crippen LogP contribution < -0.4 is 0 Å². The number of nitrogens with zero attached hydrogens (tertiary/aromatic N) is 4. The normalized spacial score (nSPS) is 20.8. The number of aromatic nitrogens is 2. The number of benzene rings is 4. The summed E-state index contributed by atoms with van der Waals surface area (Å²) < 4.78 is 32.0. The SMILES string of the molecule is CC(C)(C)c1cc(/C2=C3\C=CC(=N3)c3scc4c3S(=O)c3c-4csc3C3=N/C(=C(/c4cc(C(C)(C)C)cc(C(C)(C)C)c4)c4ccc([nH]4)C(c4cc(C(C)(C)C)cc(C(C)(C)C)c4)C4C=CC(=N4)c4scc5c4S(=O)c4c-5csc4C4=N/C(=C(/c5cc(C(C)(C)C)cc(C(C)(C)C)c5)c5ccc2[nH]5)C=C4)C=C3)cc(C(C)(C)C)c1. The van der Waals surface area contributed by atoms with Gasteiger partial charge in [0.25, 0.3) is 0 Å². The number of aliphatic imine (C=N–C) groups is 4. The third kappa shape index (κ3) is 13.7. The zero-order valence-electron chi connectivity index (χ0n) is 70.4. The summed E-state index contributed by atoms with van der Waals surface area (Å²) in [5.41, 5.74) is 29.1. The van der Waals surface area contributed by atoms with E-state index in [9.17, 15) is 0 Å². The molecule has 0 aliphatic carbocycles. The van der Waals surface area contributed by atoms with E-state index in [1.54, 1.807) is 45.3 Å². The Morgan fingerprint density at radius 3 is 0.886 bits per heavy atom. The molecule has 0 saturated heterocycles. The molecular weight excluding hydrogens is 1510 g/mol. The first-order valence-electron chi connectivity index (χ1n) is 40.0. The van der Waals surface area contributed by atoms with Gasteiger partial charge in [-0.05, 0) is 177 Å². The minimum absolute atomic E-state index is 0.158. The lowest BCUT2D eigenvalue weighted by atomic mass is 9.76. The van der Waals surface area contributed by atoms with Gasteiger partial charge < -0.3 is 9.97 Å². The lowest BCUT2D eigenvalue weighted by molar-refractivity contribution is 0.563. The van der Waals surface area contributed by atoms with E-state index in [0.717, 1.165) is 157 Å². The van der Waals surface area contributed by atoms with Gasteiger partial charge in [0.15, 0.2) is 0 Å². The molecule has 0 fully saturated rings. The van der Waals surface area contributed by atoms with E-state index >= 15 is 8.42 Å². The van der Waals surface area contributed by atoms with Gasteiger partial charge in [0, 0.05) is 83.3 Å². The van der Waals surface area contributed by atoms with E-state index in [0.29, 0.717) is 0 Å². The fraction of sp³-hybridized carbons (Fsp3) is 0.340. The third-order valence-electron chi connectivity index (χ3n) is 23.4. The molecular formula is C100H104N6O2S6. The number of thiophene rings is 4. The second-order valence-electron chi connectivity index (χ2n) is 40.2. The van der Waals surface area contributed by atoms with Gasteiger partial charge in [-0.1, -0.05) is 245 Å². The van der Waals surface area contributed by atoms with Gasteiger partial charge in [-0.15, -0.1) is 45.3 Å². The van der Waals surface area contributed by atoms with Crippen LogP contribution in [0.5, 0.6) is 0 Å². The van der Waals surface area contributed by atoms with Crippen molar-refractivity contribution in [2.45, 2.75) is 241 Å². The first-order valence-corrected chi connectivity index (χ1v) is 45.8. The molecule has 0 spiro atoms. The monoisotopic (exact) mass is 1610 g/mol. The second-order valence-corrected chi connectivity index (χ2v) is 46.5. The van der Waals surface area contributed by atoms with Crippen molar-refractivity contribution >= 4 is 107 Å². The molecule has 7 aliphatic heterocycles. The highest BCUT2D eigenvalue weighted by molar-refractivity contribution is 7.86. The first-order chi connectivity index (χ1) is 53.3. The van der Waals surface area contributed by atoms with Crippen molar-refractivity contribution in [2.75, 3.05) is 0 Å². The van der Waals surface area contributed by atoms with Crippen molar-refractivity contribution in [1.82, 2.24) is 9.97 Å². The number of hydrogen-bond donors (Lipinski definition) is 2. The van der Waals surface area contributed by atoms with Crippen LogP contribution in [0.1, 0.15) is 281 Å². The Balaban J connectivity index is 0.906. The van der Waals surface area contributed by atoms with Crippen molar-refractivity contribution in [3.05, 3.63) is 293 Å². The van der Waals surface area contributed by atoms with Crippen LogP contribution in [-0.4, -0.2) is 47.3 Å². The maximum absolute atomic E-state index is 16.0. The van der Waals surface area contributed by atoms with Crippen LogP contribution in [0.25, 0.3) is 39.0 Å². The molecule has 10 aromatic rings. The number of aromatic amines is 2. The molecule has 0 amide bonds. The summed E-state index contributed by atoms with van der Waals surface area (Å²) in [5, 5.41) is 8.77. The molecule has 114 heavy (non-hydrogen) atoms. The van der Waals surface area contributed by atoms with Crippen LogP contribution in [0.3, 0.4) is 0 Å². The van der Waals surface area contributed by atoms with Gasteiger partial charge >= 0.3 is 0 Å². The predicted molar refractivity (Wildman–Crippen MR) is 488 cm³/mol. The van der Waals surface area contributed by atoms with Crippen LogP contribution in [0.4, 0.5) is 0 Å². The minimum atomic E-state index is -1.57. The topological polar surface area (TPSA) is 115 Å². The van der Waals surface area contributed by atoms with E-state index in [2.05, 4.69) is 343 Å². The number of allylic oxidation sites excluding steroid dienone is 7. The molecule has 13 heterocycles. The summed E-state index contributed by atoms with van der Waals surface area (Å²) in [6, 6.07) is 37.2. The molecule has 0 saturated carbocycles. The van der Waals surface area contributed by atoms with Gasteiger partial charge in [0.05, 0.1) is 113 Å². The molecule has 14 heteroatoms. The Morgan fingerprint density at radius 1 is 0.316 bits per heavy atom. The van der Waals surface area contributed by atoms with Crippen LogP contribution >= 0.6 is 45.3 Å². The molecule has 4 atom stereocenters.